The minimum atomic E-state index is -0.219. The van der Waals surface area contributed by atoms with Gasteiger partial charge in [0.05, 0.1) is 0 Å². The Hall–Kier alpha value is -1.35. The van der Waals surface area contributed by atoms with E-state index in [0.717, 1.165) is 36.0 Å². The highest BCUT2D eigenvalue weighted by molar-refractivity contribution is 5.78. The largest absolute Gasteiger partial charge is 0.461 e. The van der Waals surface area contributed by atoms with E-state index in [2.05, 4.69) is 0 Å². The molecule has 2 unspecified atom stereocenters. The molecule has 0 saturated heterocycles. The summed E-state index contributed by atoms with van der Waals surface area (Å²) in [5.41, 5.74) is 6.64. The van der Waals surface area contributed by atoms with Crippen LogP contribution in [0.1, 0.15) is 30.9 Å². The minimum Gasteiger partial charge on any atom is -0.461 e. The lowest BCUT2D eigenvalue weighted by Gasteiger charge is -2.04. The molecule has 2 aromatic rings. The van der Waals surface area contributed by atoms with Crippen molar-refractivity contribution in [1.82, 2.24) is 0 Å². The number of rotatable bonds is 1. The number of hydrogen-bond donors (Lipinski definition) is 1. The molecule has 16 heavy (non-hydrogen) atoms. The highest BCUT2D eigenvalue weighted by Crippen LogP contribution is 2.36. The van der Waals surface area contributed by atoms with Gasteiger partial charge in [0.25, 0.3) is 0 Å². The van der Waals surface area contributed by atoms with Crippen molar-refractivity contribution in [2.45, 2.75) is 31.2 Å². The molecule has 0 aliphatic heterocycles. The van der Waals surface area contributed by atoms with E-state index in [1.54, 1.807) is 6.07 Å². The van der Waals surface area contributed by atoms with Gasteiger partial charge < -0.3 is 10.2 Å². The van der Waals surface area contributed by atoms with Crippen molar-refractivity contribution in [2.75, 3.05) is 0 Å². The molecule has 1 aliphatic rings. The molecule has 2 nitrogen and oxygen atoms in total. The highest BCUT2D eigenvalue weighted by Gasteiger charge is 2.25. The average molecular weight is 219 g/mol. The third kappa shape index (κ3) is 1.61. The summed E-state index contributed by atoms with van der Waals surface area (Å²) in [6.45, 7) is 0. The van der Waals surface area contributed by atoms with Crippen LogP contribution < -0.4 is 5.73 Å². The fourth-order valence-electron chi connectivity index (χ4n) is 2.51. The molecular formula is C13H14FNO. The van der Waals surface area contributed by atoms with Crippen molar-refractivity contribution in [3.8, 4) is 0 Å². The molecular weight excluding hydrogens is 205 g/mol. The maximum Gasteiger partial charge on any atom is 0.134 e. The number of benzene rings is 1. The summed E-state index contributed by atoms with van der Waals surface area (Å²) in [5, 5.41) is 0.843. The predicted octanol–water partition coefficient (Wildman–Crippen LogP) is 3.17. The van der Waals surface area contributed by atoms with Crippen molar-refractivity contribution in [2.24, 2.45) is 5.73 Å². The first-order valence-corrected chi connectivity index (χ1v) is 5.67. The van der Waals surface area contributed by atoms with Crippen LogP contribution in [0.15, 0.2) is 28.7 Å². The predicted molar refractivity (Wildman–Crippen MR) is 60.7 cm³/mol. The van der Waals surface area contributed by atoms with E-state index in [1.807, 2.05) is 6.07 Å². The standard InChI is InChI=1S/C13H14FNO/c14-10-2-4-12-9(5-10)7-13(16-12)8-1-3-11(15)6-8/h2,4-5,7-8,11H,1,3,6,15H2. The minimum absolute atomic E-state index is 0.219. The van der Waals surface area contributed by atoms with E-state index >= 15 is 0 Å². The topological polar surface area (TPSA) is 39.2 Å². The van der Waals surface area contributed by atoms with Crippen molar-refractivity contribution >= 4 is 11.0 Å². The average Bonchev–Trinajstić information content (AvgIpc) is 2.83. The van der Waals surface area contributed by atoms with E-state index in [9.17, 15) is 4.39 Å². The lowest BCUT2D eigenvalue weighted by molar-refractivity contribution is 0.490. The zero-order valence-electron chi connectivity index (χ0n) is 8.95. The van der Waals surface area contributed by atoms with Crippen LogP contribution in [0.25, 0.3) is 11.0 Å². The quantitative estimate of drug-likeness (QED) is 0.800. The van der Waals surface area contributed by atoms with Crippen LogP contribution in [0, 0.1) is 5.82 Å². The Labute approximate surface area is 93.2 Å². The number of hydrogen-bond acceptors (Lipinski definition) is 2. The molecule has 1 heterocycles. The van der Waals surface area contributed by atoms with Crippen LogP contribution in [-0.2, 0) is 0 Å². The van der Waals surface area contributed by atoms with Crippen molar-refractivity contribution in [1.29, 1.82) is 0 Å². The van der Waals surface area contributed by atoms with Gasteiger partial charge in [-0.2, -0.15) is 0 Å². The summed E-state index contributed by atoms with van der Waals surface area (Å²) in [4.78, 5) is 0. The fraction of sp³-hybridized carbons (Fsp3) is 0.385. The van der Waals surface area contributed by atoms with E-state index in [0.29, 0.717) is 5.92 Å². The Morgan fingerprint density at radius 3 is 2.88 bits per heavy atom. The van der Waals surface area contributed by atoms with Gasteiger partial charge in [-0.05, 0) is 43.5 Å². The maximum absolute atomic E-state index is 13.0. The van der Waals surface area contributed by atoms with E-state index < -0.39 is 0 Å². The molecule has 1 aliphatic carbocycles. The Morgan fingerprint density at radius 2 is 2.12 bits per heavy atom. The van der Waals surface area contributed by atoms with E-state index in [4.69, 9.17) is 10.2 Å². The second-order valence-electron chi connectivity index (χ2n) is 4.60. The van der Waals surface area contributed by atoms with Gasteiger partial charge in [-0.1, -0.05) is 0 Å². The Balaban J connectivity index is 1.99. The maximum atomic E-state index is 13.0. The molecule has 84 valence electrons. The highest BCUT2D eigenvalue weighted by atomic mass is 19.1. The lowest BCUT2D eigenvalue weighted by Crippen LogP contribution is -2.14. The van der Waals surface area contributed by atoms with Gasteiger partial charge in [0.15, 0.2) is 0 Å². The third-order valence-corrected chi connectivity index (χ3v) is 3.37. The Bertz CT molecular complexity index is 520. The van der Waals surface area contributed by atoms with Crippen LogP contribution in [0.2, 0.25) is 0 Å². The Morgan fingerprint density at radius 1 is 1.25 bits per heavy atom. The number of halogens is 1. The van der Waals surface area contributed by atoms with Crippen LogP contribution >= 0.6 is 0 Å². The van der Waals surface area contributed by atoms with Gasteiger partial charge >= 0.3 is 0 Å². The van der Waals surface area contributed by atoms with Gasteiger partial charge in [0, 0.05) is 17.3 Å². The molecule has 2 atom stereocenters. The molecule has 0 spiro atoms. The zero-order valence-corrected chi connectivity index (χ0v) is 8.95. The fourth-order valence-corrected chi connectivity index (χ4v) is 2.51. The summed E-state index contributed by atoms with van der Waals surface area (Å²) in [6.07, 6.45) is 3.10. The lowest BCUT2D eigenvalue weighted by atomic mass is 10.0. The van der Waals surface area contributed by atoms with E-state index in [1.165, 1.54) is 12.1 Å². The smallest absolute Gasteiger partial charge is 0.134 e. The summed E-state index contributed by atoms with van der Waals surface area (Å²) in [5.74, 6) is 1.14. The van der Waals surface area contributed by atoms with Gasteiger partial charge in [-0.25, -0.2) is 4.39 Å². The zero-order chi connectivity index (χ0) is 11.1. The van der Waals surface area contributed by atoms with Crippen molar-refractivity contribution < 1.29 is 8.81 Å². The molecule has 0 amide bonds. The molecule has 1 aromatic carbocycles. The number of furan rings is 1. The second-order valence-corrected chi connectivity index (χ2v) is 4.60. The third-order valence-electron chi connectivity index (χ3n) is 3.37. The SMILES string of the molecule is NC1CCC(c2cc3cc(F)ccc3o2)C1. The van der Waals surface area contributed by atoms with Crippen LogP contribution in [0.5, 0.6) is 0 Å². The summed E-state index contributed by atoms with van der Waals surface area (Å²) in [6, 6.07) is 6.85. The molecule has 1 fully saturated rings. The summed E-state index contributed by atoms with van der Waals surface area (Å²) in [7, 11) is 0. The van der Waals surface area contributed by atoms with Crippen LogP contribution in [-0.4, -0.2) is 6.04 Å². The van der Waals surface area contributed by atoms with E-state index in [-0.39, 0.29) is 11.9 Å². The molecule has 1 aromatic heterocycles. The van der Waals surface area contributed by atoms with Gasteiger partial charge in [0.2, 0.25) is 0 Å². The number of nitrogens with two attached hydrogens (primary N) is 1. The first kappa shape index (κ1) is 9.85. The van der Waals surface area contributed by atoms with Crippen LogP contribution in [0.4, 0.5) is 4.39 Å². The molecule has 3 heteroatoms. The summed E-state index contributed by atoms with van der Waals surface area (Å²) < 4.78 is 18.8. The second kappa shape index (κ2) is 3.59. The number of fused-ring (bicyclic) bond motifs is 1. The first-order chi connectivity index (χ1) is 7.72. The van der Waals surface area contributed by atoms with Gasteiger partial charge in [-0.3, -0.25) is 0 Å². The molecule has 0 radical (unpaired) electrons. The molecule has 2 N–H and O–H groups in total. The molecule has 1 saturated carbocycles. The van der Waals surface area contributed by atoms with Crippen molar-refractivity contribution in [3.05, 3.63) is 35.8 Å². The van der Waals surface area contributed by atoms with Gasteiger partial charge in [0.1, 0.15) is 17.2 Å². The first-order valence-electron chi connectivity index (χ1n) is 5.67. The molecule has 0 bridgehead atoms. The van der Waals surface area contributed by atoms with Crippen LogP contribution in [0.3, 0.4) is 0 Å². The van der Waals surface area contributed by atoms with Crippen molar-refractivity contribution in [3.63, 3.8) is 0 Å². The Kier molecular flexibility index (Phi) is 2.21. The normalized spacial score (nSPS) is 25.4. The summed E-state index contributed by atoms with van der Waals surface area (Å²) >= 11 is 0. The monoisotopic (exact) mass is 219 g/mol. The molecule has 3 rings (SSSR count). The van der Waals surface area contributed by atoms with Gasteiger partial charge in [-0.15, -0.1) is 0 Å².